The Morgan fingerprint density at radius 2 is 2.04 bits per heavy atom. The summed E-state index contributed by atoms with van der Waals surface area (Å²) in [4.78, 5) is 4.36. The first-order chi connectivity index (χ1) is 11.6. The highest BCUT2D eigenvalue weighted by Gasteiger charge is 2.43. The number of rotatable bonds is 5. The van der Waals surface area contributed by atoms with Gasteiger partial charge in [-0.15, -0.1) is 0 Å². The fraction of sp³-hybridized carbons (Fsp3) is 0.588. The number of methoxy groups -OCH3 is 2. The summed E-state index contributed by atoms with van der Waals surface area (Å²) in [5.41, 5.74) is 6.74. The molecule has 1 saturated heterocycles. The Hall–Kier alpha value is -1.99. The van der Waals surface area contributed by atoms with E-state index in [2.05, 4.69) is 10.3 Å². The van der Waals surface area contributed by atoms with Crippen molar-refractivity contribution >= 4 is 11.6 Å². The van der Waals surface area contributed by atoms with Crippen LogP contribution in [0.5, 0.6) is 11.5 Å². The van der Waals surface area contributed by atoms with E-state index in [0.29, 0.717) is 30.6 Å². The first-order valence-corrected chi connectivity index (χ1v) is 8.25. The predicted molar refractivity (Wildman–Crippen MR) is 91.7 cm³/mol. The molecule has 2 fully saturated rings. The van der Waals surface area contributed by atoms with Crippen molar-refractivity contribution in [2.75, 3.05) is 32.7 Å². The third kappa shape index (κ3) is 3.73. The molecule has 1 spiro atoms. The van der Waals surface area contributed by atoms with Gasteiger partial charge in [-0.2, -0.15) is 0 Å². The molecule has 1 heterocycles. The van der Waals surface area contributed by atoms with Crippen LogP contribution in [0.25, 0.3) is 0 Å². The summed E-state index contributed by atoms with van der Waals surface area (Å²) in [5, 5.41) is 3.05. The first kappa shape index (κ1) is 16.9. The van der Waals surface area contributed by atoms with E-state index in [1.807, 2.05) is 18.2 Å². The van der Waals surface area contributed by atoms with Crippen molar-refractivity contribution in [2.45, 2.75) is 37.6 Å². The number of guanidine groups is 1. The normalized spacial score (nSPS) is 22.8. The van der Waals surface area contributed by atoms with Gasteiger partial charge in [0.2, 0.25) is 0 Å². The number of benzene rings is 1. The van der Waals surface area contributed by atoms with Gasteiger partial charge in [0.05, 0.1) is 27.4 Å². The molecule has 1 aliphatic carbocycles. The summed E-state index contributed by atoms with van der Waals surface area (Å²) in [7, 11) is 3.19. The molecule has 24 heavy (non-hydrogen) atoms. The Morgan fingerprint density at radius 3 is 2.75 bits per heavy atom. The van der Waals surface area contributed by atoms with Crippen LogP contribution >= 0.6 is 0 Å². The zero-order chi connectivity index (χ0) is 17.0. The van der Waals surface area contributed by atoms with Gasteiger partial charge in [-0.3, -0.25) is 4.99 Å². The van der Waals surface area contributed by atoms with Gasteiger partial charge in [-0.25, -0.2) is 0 Å². The molecule has 0 radical (unpaired) electrons. The van der Waals surface area contributed by atoms with Crippen molar-refractivity contribution in [1.82, 2.24) is 0 Å². The lowest BCUT2D eigenvalue weighted by Gasteiger charge is -2.21. The molecule has 2 aliphatic rings. The number of hydrogen-bond acceptors (Lipinski definition) is 5. The molecule has 3 rings (SSSR count). The topological polar surface area (TPSA) is 87.3 Å². The summed E-state index contributed by atoms with van der Waals surface area (Å²) in [6.45, 7) is 1.06. The molecule has 1 unspecified atom stereocenters. The highest BCUT2D eigenvalue weighted by atomic mass is 16.7. The highest BCUT2D eigenvalue weighted by molar-refractivity contribution is 5.92. The molecule has 1 atom stereocenters. The van der Waals surface area contributed by atoms with Gasteiger partial charge in [0, 0.05) is 24.6 Å². The summed E-state index contributed by atoms with van der Waals surface area (Å²) in [6.07, 6.45) is 4.26. The van der Waals surface area contributed by atoms with Crippen LogP contribution in [-0.2, 0) is 9.47 Å². The maximum absolute atomic E-state index is 6.03. The lowest BCUT2D eigenvalue weighted by Crippen LogP contribution is -2.28. The third-order valence-electron chi connectivity index (χ3n) is 4.40. The second-order valence-electron chi connectivity index (χ2n) is 6.09. The van der Waals surface area contributed by atoms with Gasteiger partial charge in [0.25, 0.3) is 0 Å². The van der Waals surface area contributed by atoms with Crippen LogP contribution in [0, 0.1) is 0 Å². The van der Waals surface area contributed by atoms with E-state index >= 15 is 0 Å². The molecule has 1 aliphatic heterocycles. The SMILES string of the molecule is COc1ccc(NC(N)=NCC2COC3(CCCC3)O2)cc1OC. The van der Waals surface area contributed by atoms with Gasteiger partial charge >= 0.3 is 0 Å². The summed E-state index contributed by atoms with van der Waals surface area (Å²) >= 11 is 0. The second-order valence-corrected chi connectivity index (χ2v) is 6.09. The number of hydrogen-bond donors (Lipinski definition) is 2. The summed E-state index contributed by atoms with van der Waals surface area (Å²) in [6, 6.07) is 5.47. The third-order valence-corrected chi connectivity index (χ3v) is 4.40. The van der Waals surface area contributed by atoms with Gasteiger partial charge < -0.3 is 30.0 Å². The van der Waals surface area contributed by atoms with Gasteiger partial charge in [-0.05, 0) is 25.0 Å². The molecule has 1 aromatic rings. The quantitative estimate of drug-likeness (QED) is 0.633. The van der Waals surface area contributed by atoms with E-state index in [1.54, 1.807) is 14.2 Å². The monoisotopic (exact) mass is 335 g/mol. The van der Waals surface area contributed by atoms with Crippen LogP contribution in [0.4, 0.5) is 5.69 Å². The Labute approximate surface area is 142 Å². The molecule has 0 aromatic heterocycles. The number of nitrogens with one attached hydrogen (secondary N) is 1. The van der Waals surface area contributed by atoms with E-state index in [0.717, 1.165) is 18.5 Å². The number of nitrogens with zero attached hydrogens (tertiary/aromatic N) is 1. The standard InChI is InChI=1S/C17H25N3O4/c1-21-14-6-5-12(9-15(14)22-2)20-16(18)19-10-13-11-23-17(24-13)7-3-4-8-17/h5-6,9,13H,3-4,7-8,10-11H2,1-2H3,(H3,18,19,20). The van der Waals surface area contributed by atoms with Crippen molar-refractivity contribution in [2.24, 2.45) is 10.7 Å². The lowest BCUT2D eigenvalue weighted by molar-refractivity contribution is -0.160. The van der Waals surface area contributed by atoms with Crippen LogP contribution in [0.15, 0.2) is 23.2 Å². The Balaban J connectivity index is 1.55. The summed E-state index contributed by atoms with van der Waals surface area (Å²) in [5.74, 6) is 1.27. The Kier molecular flexibility index (Phi) is 5.11. The fourth-order valence-electron chi connectivity index (χ4n) is 3.18. The molecule has 1 saturated carbocycles. The maximum atomic E-state index is 6.03. The highest BCUT2D eigenvalue weighted by Crippen LogP contribution is 2.39. The van der Waals surface area contributed by atoms with E-state index in [1.165, 1.54) is 12.8 Å². The Morgan fingerprint density at radius 1 is 1.29 bits per heavy atom. The van der Waals surface area contributed by atoms with Crippen LogP contribution in [0.3, 0.4) is 0 Å². The summed E-state index contributed by atoms with van der Waals surface area (Å²) < 4.78 is 22.3. The van der Waals surface area contributed by atoms with Crippen molar-refractivity contribution in [1.29, 1.82) is 0 Å². The van der Waals surface area contributed by atoms with Crippen molar-refractivity contribution in [3.63, 3.8) is 0 Å². The maximum Gasteiger partial charge on any atom is 0.193 e. The van der Waals surface area contributed by atoms with Gasteiger partial charge in [0.15, 0.2) is 23.2 Å². The molecule has 0 bridgehead atoms. The second kappa shape index (κ2) is 7.27. The zero-order valence-electron chi connectivity index (χ0n) is 14.2. The number of nitrogens with two attached hydrogens (primary N) is 1. The minimum atomic E-state index is -0.355. The molecule has 132 valence electrons. The predicted octanol–water partition coefficient (Wildman–Crippen LogP) is 2.12. The van der Waals surface area contributed by atoms with Crippen molar-refractivity contribution in [3.05, 3.63) is 18.2 Å². The van der Waals surface area contributed by atoms with Crippen LogP contribution in [-0.4, -0.2) is 45.2 Å². The molecule has 3 N–H and O–H groups in total. The number of aliphatic imine (C=N–C) groups is 1. The molecular formula is C17H25N3O4. The van der Waals surface area contributed by atoms with Gasteiger partial charge in [-0.1, -0.05) is 0 Å². The number of ether oxygens (including phenoxy) is 4. The largest absolute Gasteiger partial charge is 0.493 e. The smallest absolute Gasteiger partial charge is 0.193 e. The molecule has 1 aromatic carbocycles. The van der Waals surface area contributed by atoms with Crippen LogP contribution < -0.4 is 20.5 Å². The minimum Gasteiger partial charge on any atom is -0.493 e. The van der Waals surface area contributed by atoms with E-state index in [9.17, 15) is 0 Å². The van der Waals surface area contributed by atoms with E-state index < -0.39 is 0 Å². The average Bonchev–Trinajstić information content (AvgIpc) is 3.23. The minimum absolute atomic E-state index is 0.0335. The molecular weight excluding hydrogens is 310 g/mol. The Bertz CT molecular complexity index is 599. The lowest BCUT2D eigenvalue weighted by atomic mass is 10.2. The zero-order valence-corrected chi connectivity index (χ0v) is 14.2. The van der Waals surface area contributed by atoms with Crippen molar-refractivity contribution < 1.29 is 18.9 Å². The van der Waals surface area contributed by atoms with Crippen LogP contribution in [0.1, 0.15) is 25.7 Å². The fourth-order valence-corrected chi connectivity index (χ4v) is 3.18. The van der Waals surface area contributed by atoms with Crippen molar-refractivity contribution in [3.8, 4) is 11.5 Å². The molecule has 7 heteroatoms. The first-order valence-electron chi connectivity index (χ1n) is 8.25. The van der Waals surface area contributed by atoms with E-state index in [-0.39, 0.29) is 11.9 Å². The molecule has 0 amide bonds. The van der Waals surface area contributed by atoms with Crippen LogP contribution in [0.2, 0.25) is 0 Å². The number of anilines is 1. The van der Waals surface area contributed by atoms with E-state index in [4.69, 9.17) is 24.7 Å². The average molecular weight is 335 g/mol. The molecule has 7 nitrogen and oxygen atoms in total. The van der Waals surface area contributed by atoms with Gasteiger partial charge in [0.1, 0.15) is 6.10 Å².